The van der Waals surface area contributed by atoms with E-state index in [2.05, 4.69) is 5.32 Å². The lowest BCUT2D eigenvalue weighted by atomic mass is 10.2. The fourth-order valence-corrected chi connectivity index (χ4v) is 1.25. The fraction of sp³-hybridized carbons (Fsp3) is 0.250. The Balaban J connectivity index is 2.43. The van der Waals surface area contributed by atoms with Crippen LogP contribution in [-0.2, 0) is 0 Å². The predicted octanol–water partition coefficient (Wildman–Crippen LogP) is 0.328. The molecule has 2 rings (SSSR count). The quantitative estimate of drug-likeness (QED) is 0.484. The molecule has 4 heteroatoms. The highest BCUT2D eigenvalue weighted by molar-refractivity contribution is 5.62. The maximum absolute atomic E-state index is 5.52. The number of hydrogen-bond acceptors (Lipinski definition) is 4. The van der Waals surface area contributed by atoms with E-state index < -0.39 is 5.97 Å². The van der Waals surface area contributed by atoms with Crippen LogP contribution >= 0.6 is 0 Å². The second-order valence-electron chi connectivity index (χ2n) is 3.02. The molecule has 0 saturated heterocycles. The number of ether oxygens (including phenoxy) is 1. The Morgan fingerprint density at radius 1 is 1.42 bits per heavy atom. The summed E-state index contributed by atoms with van der Waals surface area (Å²) < 4.78 is 5.19. The van der Waals surface area contributed by atoms with Crippen LogP contribution in [0.1, 0.15) is 5.56 Å². The average Bonchev–Trinajstić information content (AvgIpc) is 2.21. The molecule has 1 heterocycles. The van der Waals surface area contributed by atoms with Crippen molar-refractivity contribution in [3.8, 4) is 5.75 Å². The van der Waals surface area contributed by atoms with E-state index in [1.54, 1.807) is 0 Å². The Morgan fingerprint density at radius 3 is 2.92 bits per heavy atom. The lowest BCUT2D eigenvalue weighted by Gasteiger charge is -2.16. The average molecular weight is 165 g/mol. The van der Waals surface area contributed by atoms with Gasteiger partial charge in [0.15, 0.2) is 0 Å². The van der Waals surface area contributed by atoms with Crippen molar-refractivity contribution in [1.82, 2.24) is 0 Å². The summed E-state index contributed by atoms with van der Waals surface area (Å²) >= 11 is 0. The number of anilines is 1. The maximum atomic E-state index is 5.52. The summed E-state index contributed by atoms with van der Waals surface area (Å²) in [5, 5.41) is 2.85. The first-order valence-corrected chi connectivity index (χ1v) is 3.72. The van der Waals surface area contributed by atoms with E-state index in [9.17, 15) is 0 Å². The summed E-state index contributed by atoms with van der Waals surface area (Å²) in [6, 6.07) is 5.73. The molecule has 0 radical (unpaired) electrons. The lowest BCUT2D eigenvalue weighted by molar-refractivity contribution is 0.134. The number of hydrogen-bond donors (Lipinski definition) is 3. The first kappa shape index (κ1) is 7.39. The van der Waals surface area contributed by atoms with Crippen molar-refractivity contribution in [2.24, 2.45) is 11.5 Å². The first-order chi connectivity index (χ1) is 5.57. The Kier molecular flexibility index (Phi) is 1.31. The second kappa shape index (κ2) is 2.12. The van der Waals surface area contributed by atoms with Gasteiger partial charge in [-0.3, -0.25) is 11.5 Å². The molecule has 0 aromatic heterocycles. The molecular formula is C8H11N3O. The van der Waals surface area contributed by atoms with Gasteiger partial charge in [0.25, 0.3) is 5.97 Å². The number of rotatable bonds is 0. The van der Waals surface area contributed by atoms with Crippen molar-refractivity contribution in [3.05, 3.63) is 23.8 Å². The highest BCUT2D eigenvalue weighted by atomic mass is 16.6. The van der Waals surface area contributed by atoms with Crippen LogP contribution in [0.25, 0.3) is 0 Å². The van der Waals surface area contributed by atoms with Crippen LogP contribution in [0.3, 0.4) is 0 Å². The molecule has 0 fully saturated rings. The molecule has 4 nitrogen and oxygen atoms in total. The molecular weight excluding hydrogens is 154 g/mol. The highest BCUT2D eigenvalue weighted by Crippen LogP contribution is 2.33. The Hall–Kier alpha value is -1.26. The van der Waals surface area contributed by atoms with Gasteiger partial charge in [0.05, 0.1) is 5.69 Å². The SMILES string of the molecule is Cc1ccc2c(c1)NC(N)(N)O2. The van der Waals surface area contributed by atoms with Gasteiger partial charge in [-0.2, -0.15) is 0 Å². The second-order valence-corrected chi connectivity index (χ2v) is 3.02. The molecule has 1 aromatic carbocycles. The zero-order valence-corrected chi connectivity index (χ0v) is 6.79. The van der Waals surface area contributed by atoms with Gasteiger partial charge in [-0.1, -0.05) is 6.07 Å². The standard InChI is InChI=1S/C8H11N3O/c1-5-2-3-7-6(4-5)11-8(9,10)12-7/h2-4,11H,9-10H2,1H3. The Labute approximate surface area is 70.5 Å². The van der Waals surface area contributed by atoms with Gasteiger partial charge in [-0.05, 0) is 24.6 Å². The van der Waals surface area contributed by atoms with Gasteiger partial charge in [-0.25, -0.2) is 0 Å². The number of fused-ring (bicyclic) bond motifs is 1. The van der Waals surface area contributed by atoms with E-state index in [1.807, 2.05) is 25.1 Å². The number of nitrogens with two attached hydrogens (primary N) is 2. The summed E-state index contributed by atoms with van der Waals surface area (Å²) in [6.45, 7) is 2.00. The predicted molar refractivity (Wildman–Crippen MR) is 46.5 cm³/mol. The molecule has 0 saturated carbocycles. The summed E-state index contributed by atoms with van der Waals surface area (Å²) in [5.74, 6) is -0.554. The third-order valence-electron chi connectivity index (χ3n) is 1.74. The third kappa shape index (κ3) is 1.11. The van der Waals surface area contributed by atoms with Crippen molar-refractivity contribution in [2.45, 2.75) is 12.9 Å². The summed E-state index contributed by atoms with van der Waals surface area (Å²) in [5.41, 5.74) is 13.0. The summed E-state index contributed by atoms with van der Waals surface area (Å²) in [6.07, 6.45) is 0. The third-order valence-corrected chi connectivity index (χ3v) is 1.74. The minimum atomic E-state index is -1.25. The normalized spacial score (nSPS) is 17.9. The first-order valence-electron chi connectivity index (χ1n) is 3.72. The van der Waals surface area contributed by atoms with E-state index in [4.69, 9.17) is 16.2 Å². The van der Waals surface area contributed by atoms with Crippen LogP contribution in [0, 0.1) is 6.92 Å². The van der Waals surface area contributed by atoms with Crippen LogP contribution in [-0.4, -0.2) is 5.97 Å². The molecule has 64 valence electrons. The van der Waals surface area contributed by atoms with E-state index in [-0.39, 0.29) is 0 Å². The molecule has 0 atom stereocenters. The van der Waals surface area contributed by atoms with Crippen molar-refractivity contribution < 1.29 is 4.74 Å². The van der Waals surface area contributed by atoms with Crippen LogP contribution in [0.5, 0.6) is 5.75 Å². The lowest BCUT2D eigenvalue weighted by Crippen LogP contribution is -2.58. The Morgan fingerprint density at radius 2 is 2.17 bits per heavy atom. The van der Waals surface area contributed by atoms with Crippen molar-refractivity contribution >= 4 is 5.69 Å². The molecule has 0 bridgehead atoms. The van der Waals surface area contributed by atoms with Crippen molar-refractivity contribution in [1.29, 1.82) is 0 Å². The minimum Gasteiger partial charge on any atom is -0.440 e. The summed E-state index contributed by atoms with van der Waals surface area (Å²) in [4.78, 5) is 0. The number of aryl methyl sites for hydroxylation is 1. The molecule has 0 unspecified atom stereocenters. The van der Waals surface area contributed by atoms with E-state index in [1.165, 1.54) is 0 Å². The molecule has 1 aliphatic heterocycles. The highest BCUT2D eigenvalue weighted by Gasteiger charge is 2.29. The molecule has 0 amide bonds. The largest absolute Gasteiger partial charge is 0.440 e. The fourth-order valence-electron chi connectivity index (χ4n) is 1.25. The van der Waals surface area contributed by atoms with E-state index in [0.717, 1.165) is 11.3 Å². The van der Waals surface area contributed by atoms with Crippen LogP contribution in [0.15, 0.2) is 18.2 Å². The van der Waals surface area contributed by atoms with Crippen LogP contribution < -0.4 is 21.5 Å². The molecule has 0 spiro atoms. The summed E-state index contributed by atoms with van der Waals surface area (Å²) in [7, 11) is 0. The zero-order chi connectivity index (χ0) is 8.77. The van der Waals surface area contributed by atoms with Crippen LogP contribution in [0.2, 0.25) is 0 Å². The smallest absolute Gasteiger partial charge is 0.296 e. The van der Waals surface area contributed by atoms with Crippen molar-refractivity contribution in [3.63, 3.8) is 0 Å². The molecule has 5 N–H and O–H groups in total. The molecule has 1 aliphatic rings. The van der Waals surface area contributed by atoms with Gasteiger partial charge < -0.3 is 10.1 Å². The van der Waals surface area contributed by atoms with Gasteiger partial charge in [-0.15, -0.1) is 0 Å². The van der Waals surface area contributed by atoms with Crippen molar-refractivity contribution in [2.75, 3.05) is 5.32 Å². The van der Waals surface area contributed by atoms with E-state index >= 15 is 0 Å². The monoisotopic (exact) mass is 165 g/mol. The van der Waals surface area contributed by atoms with Gasteiger partial charge in [0, 0.05) is 0 Å². The molecule has 0 aliphatic carbocycles. The van der Waals surface area contributed by atoms with E-state index in [0.29, 0.717) is 5.75 Å². The number of benzene rings is 1. The van der Waals surface area contributed by atoms with Gasteiger partial charge in [0.1, 0.15) is 5.75 Å². The van der Waals surface area contributed by atoms with Gasteiger partial charge in [0.2, 0.25) is 0 Å². The minimum absolute atomic E-state index is 0.700. The number of nitrogens with one attached hydrogen (secondary N) is 1. The van der Waals surface area contributed by atoms with Crippen LogP contribution in [0.4, 0.5) is 5.69 Å². The maximum Gasteiger partial charge on any atom is 0.296 e. The zero-order valence-electron chi connectivity index (χ0n) is 6.79. The molecule has 12 heavy (non-hydrogen) atoms. The topological polar surface area (TPSA) is 73.3 Å². The Bertz CT molecular complexity index is 322. The molecule has 1 aromatic rings. The van der Waals surface area contributed by atoms with Gasteiger partial charge >= 0.3 is 0 Å².